The van der Waals surface area contributed by atoms with E-state index in [4.69, 9.17) is 10.4 Å². The Kier molecular flexibility index (Phi) is 4.26. The second-order valence-corrected chi connectivity index (χ2v) is 4.19. The predicted octanol–water partition coefficient (Wildman–Crippen LogP) is 0.681. The average Bonchev–Trinajstić information content (AvgIpc) is 2.90. The summed E-state index contributed by atoms with van der Waals surface area (Å²) in [7, 11) is 0. The smallest absolute Gasteiger partial charge is 0.358 e. The molecule has 2 aromatic rings. The Morgan fingerprint density at radius 2 is 2.05 bits per heavy atom. The summed E-state index contributed by atoms with van der Waals surface area (Å²) in [6.07, 6.45) is 1.49. The summed E-state index contributed by atoms with van der Waals surface area (Å²) in [6.45, 7) is -0.139. The van der Waals surface area contributed by atoms with Gasteiger partial charge in [-0.25, -0.2) is 9.48 Å². The molecule has 21 heavy (non-hydrogen) atoms. The van der Waals surface area contributed by atoms with Gasteiger partial charge in [-0.05, 0) is 17.7 Å². The SMILES string of the molecule is N#CCc1ccc(NC(=O)Cn2cc(C(=O)O)nn2)cc1. The van der Waals surface area contributed by atoms with Crippen molar-refractivity contribution < 1.29 is 14.7 Å². The van der Waals surface area contributed by atoms with Gasteiger partial charge < -0.3 is 10.4 Å². The van der Waals surface area contributed by atoms with E-state index in [0.717, 1.165) is 10.2 Å². The van der Waals surface area contributed by atoms with Crippen LogP contribution in [0.2, 0.25) is 0 Å². The van der Waals surface area contributed by atoms with Crippen LogP contribution in [-0.2, 0) is 17.8 Å². The Hall–Kier alpha value is -3.21. The second kappa shape index (κ2) is 6.29. The van der Waals surface area contributed by atoms with Crippen molar-refractivity contribution in [2.45, 2.75) is 13.0 Å². The van der Waals surface area contributed by atoms with E-state index in [1.165, 1.54) is 6.20 Å². The Morgan fingerprint density at radius 1 is 1.33 bits per heavy atom. The molecule has 1 heterocycles. The van der Waals surface area contributed by atoms with Gasteiger partial charge in [0.1, 0.15) is 6.54 Å². The van der Waals surface area contributed by atoms with Gasteiger partial charge in [0, 0.05) is 5.69 Å². The standard InChI is InChI=1S/C13H11N5O3/c14-6-5-9-1-3-10(4-2-9)15-12(19)8-18-7-11(13(20)21)16-17-18/h1-4,7H,5,8H2,(H,15,19)(H,20,21). The normalized spacial score (nSPS) is 9.86. The molecule has 0 atom stereocenters. The van der Waals surface area contributed by atoms with Gasteiger partial charge in [-0.2, -0.15) is 5.26 Å². The zero-order valence-corrected chi connectivity index (χ0v) is 10.9. The Balaban J connectivity index is 1.94. The number of carboxylic acids is 1. The highest BCUT2D eigenvalue weighted by Gasteiger charge is 2.10. The first kappa shape index (κ1) is 14.2. The molecule has 0 fully saturated rings. The quantitative estimate of drug-likeness (QED) is 0.833. The summed E-state index contributed by atoms with van der Waals surface area (Å²) in [5.41, 5.74) is 1.22. The molecule has 0 radical (unpaired) electrons. The van der Waals surface area contributed by atoms with Crippen LogP contribution >= 0.6 is 0 Å². The lowest BCUT2D eigenvalue weighted by atomic mass is 10.1. The van der Waals surface area contributed by atoms with Crippen molar-refractivity contribution in [2.75, 3.05) is 5.32 Å². The number of hydrogen-bond donors (Lipinski definition) is 2. The Bertz CT molecular complexity index is 699. The molecule has 0 aliphatic rings. The van der Waals surface area contributed by atoms with Crippen molar-refractivity contribution in [1.29, 1.82) is 5.26 Å². The third kappa shape index (κ3) is 3.87. The van der Waals surface area contributed by atoms with E-state index >= 15 is 0 Å². The number of nitrogens with zero attached hydrogens (tertiary/aromatic N) is 4. The van der Waals surface area contributed by atoms with Crippen LogP contribution in [0.5, 0.6) is 0 Å². The molecule has 0 saturated heterocycles. The fourth-order valence-electron chi connectivity index (χ4n) is 1.62. The van der Waals surface area contributed by atoms with Crippen molar-refractivity contribution in [1.82, 2.24) is 15.0 Å². The summed E-state index contributed by atoms with van der Waals surface area (Å²) < 4.78 is 1.14. The molecule has 2 N–H and O–H groups in total. The minimum absolute atomic E-state index is 0.139. The number of aromatic carboxylic acids is 1. The summed E-state index contributed by atoms with van der Waals surface area (Å²) >= 11 is 0. The number of nitrogens with one attached hydrogen (secondary N) is 1. The van der Waals surface area contributed by atoms with E-state index in [1.54, 1.807) is 24.3 Å². The average molecular weight is 285 g/mol. The lowest BCUT2D eigenvalue weighted by Gasteiger charge is -2.05. The lowest BCUT2D eigenvalue weighted by molar-refractivity contribution is -0.116. The number of aromatic nitrogens is 3. The van der Waals surface area contributed by atoms with Crippen LogP contribution in [-0.4, -0.2) is 32.0 Å². The van der Waals surface area contributed by atoms with Gasteiger partial charge in [0.2, 0.25) is 5.91 Å². The van der Waals surface area contributed by atoms with Gasteiger partial charge in [-0.15, -0.1) is 5.10 Å². The van der Waals surface area contributed by atoms with Crippen molar-refractivity contribution in [3.63, 3.8) is 0 Å². The molecule has 1 aromatic heterocycles. The maximum absolute atomic E-state index is 11.8. The lowest BCUT2D eigenvalue weighted by Crippen LogP contribution is -2.19. The molecule has 0 bridgehead atoms. The highest BCUT2D eigenvalue weighted by Crippen LogP contribution is 2.10. The summed E-state index contributed by atoms with van der Waals surface area (Å²) in [6, 6.07) is 8.91. The molecule has 2 rings (SSSR count). The van der Waals surface area contributed by atoms with Gasteiger partial charge in [0.05, 0.1) is 18.7 Å². The van der Waals surface area contributed by atoms with E-state index in [2.05, 4.69) is 15.6 Å². The first-order valence-corrected chi connectivity index (χ1v) is 5.97. The first-order chi connectivity index (χ1) is 10.1. The number of anilines is 1. The molecule has 8 nitrogen and oxygen atoms in total. The monoisotopic (exact) mass is 285 g/mol. The Morgan fingerprint density at radius 3 is 2.62 bits per heavy atom. The van der Waals surface area contributed by atoms with Crippen LogP contribution in [0.4, 0.5) is 5.69 Å². The number of nitriles is 1. The van der Waals surface area contributed by atoms with Crippen LogP contribution in [0.15, 0.2) is 30.5 Å². The molecule has 1 aromatic carbocycles. The molecule has 0 aliphatic carbocycles. The van der Waals surface area contributed by atoms with Gasteiger partial charge in [-0.3, -0.25) is 4.79 Å². The van der Waals surface area contributed by atoms with Crippen molar-refractivity contribution in [2.24, 2.45) is 0 Å². The minimum Gasteiger partial charge on any atom is -0.476 e. The molecule has 0 aliphatic heterocycles. The predicted molar refractivity (Wildman–Crippen MR) is 71.4 cm³/mol. The number of benzene rings is 1. The molecule has 0 unspecified atom stereocenters. The number of carbonyl (C=O) groups excluding carboxylic acids is 1. The van der Waals surface area contributed by atoms with Crippen LogP contribution in [0.25, 0.3) is 0 Å². The van der Waals surface area contributed by atoms with E-state index in [-0.39, 0.29) is 18.1 Å². The zero-order valence-electron chi connectivity index (χ0n) is 10.9. The highest BCUT2D eigenvalue weighted by atomic mass is 16.4. The third-order valence-corrected chi connectivity index (χ3v) is 2.58. The Labute approximate surface area is 119 Å². The number of carbonyl (C=O) groups is 2. The minimum atomic E-state index is -1.20. The van der Waals surface area contributed by atoms with Crippen LogP contribution in [0.1, 0.15) is 16.1 Å². The number of hydrogen-bond acceptors (Lipinski definition) is 5. The topological polar surface area (TPSA) is 121 Å². The molecule has 0 saturated carbocycles. The largest absolute Gasteiger partial charge is 0.476 e. The van der Waals surface area contributed by atoms with Crippen molar-refractivity contribution in [3.05, 3.63) is 41.7 Å². The maximum Gasteiger partial charge on any atom is 0.358 e. The zero-order chi connectivity index (χ0) is 15.2. The molecular formula is C13H11N5O3. The van der Waals surface area contributed by atoms with Gasteiger partial charge >= 0.3 is 5.97 Å². The number of amides is 1. The highest BCUT2D eigenvalue weighted by molar-refractivity contribution is 5.90. The van der Waals surface area contributed by atoms with Crippen LogP contribution < -0.4 is 5.32 Å². The van der Waals surface area contributed by atoms with Gasteiger partial charge in [0.15, 0.2) is 5.69 Å². The molecule has 1 amide bonds. The van der Waals surface area contributed by atoms with E-state index in [0.29, 0.717) is 12.1 Å². The number of rotatable bonds is 5. The molecule has 0 spiro atoms. The number of carboxylic acid groups (broad SMARTS) is 1. The van der Waals surface area contributed by atoms with Crippen LogP contribution in [0, 0.1) is 11.3 Å². The van der Waals surface area contributed by atoms with Crippen molar-refractivity contribution in [3.8, 4) is 6.07 Å². The summed E-state index contributed by atoms with van der Waals surface area (Å²) in [5.74, 6) is -1.56. The fraction of sp³-hybridized carbons (Fsp3) is 0.154. The third-order valence-electron chi connectivity index (χ3n) is 2.58. The second-order valence-electron chi connectivity index (χ2n) is 4.19. The van der Waals surface area contributed by atoms with Gasteiger partial charge in [-0.1, -0.05) is 17.3 Å². The maximum atomic E-state index is 11.8. The summed E-state index contributed by atoms with van der Waals surface area (Å²) in [4.78, 5) is 22.4. The summed E-state index contributed by atoms with van der Waals surface area (Å²) in [5, 5.41) is 26.9. The van der Waals surface area contributed by atoms with E-state index in [9.17, 15) is 9.59 Å². The fourth-order valence-corrected chi connectivity index (χ4v) is 1.62. The van der Waals surface area contributed by atoms with E-state index in [1.807, 2.05) is 6.07 Å². The van der Waals surface area contributed by atoms with E-state index < -0.39 is 5.97 Å². The molecular weight excluding hydrogens is 274 g/mol. The first-order valence-electron chi connectivity index (χ1n) is 5.97. The van der Waals surface area contributed by atoms with Gasteiger partial charge in [0.25, 0.3) is 0 Å². The van der Waals surface area contributed by atoms with Crippen LogP contribution in [0.3, 0.4) is 0 Å². The van der Waals surface area contributed by atoms with Crippen molar-refractivity contribution >= 4 is 17.6 Å². The molecule has 106 valence electrons. The molecule has 8 heteroatoms.